The van der Waals surface area contributed by atoms with Crippen LogP contribution in [0.1, 0.15) is 5.82 Å². The molecule has 2 heterocycles. The average Bonchev–Trinajstić information content (AvgIpc) is 2.95. The highest BCUT2D eigenvalue weighted by Crippen LogP contribution is 2.27. The summed E-state index contributed by atoms with van der Waals surface area (Å²) in [5, 5.41) is 5.10. The predicted octanol–water partition coefficient (Wildman–Crippen LogP) is 3.37. The number of rotatable bonds is 4. The van der Waals surface area contributed by atoms with Crippen LogP contribution in [-0.2, 0) is 6.54 Å². The Balaban J connectivity index is 1.84. The molecule has 5 nitrogen and oxygen atoms in total. The van der Waals surface area contributed by atoms with E-state index in [1.54, 1.807) is 7.11 Å². The Kier molecular flexibility index (Phi) is 3.94. The van der Waals surface area contributed by atoms with Gasteiger partial charge in [0.25, 0.3) is 5.56 Å². The van der Waals surface area contributed by atoms with Crippen molar-refractivity contribution in [2.75, 3.05) is 12.4 Å². The summed E-state index contributed by atoms with van der Waals surface area (Å²) in [6, 6.07) is 7.50. The second-order valence-corrected chi connectivity index (χ2v) is 6.12. The van der Waals surface area contributed by atoms with E-state index < -0.39 is 0 Å². The number of thiophene rings is 1. The van der Waals surface area contributed by atoms with E-state index in [4.69, 9.17) is 4.74 Å². The molecule has 7 heteroatoms. The maximum Gasteiger partial charge on any atom is 0.268 e. The third kappa shape index (κ3) is 2.93. The molecule has 0 fully saturated rings. The van der Waals surface area contributed by atoms with Gasteiger partial charge in [-0.1, -0.05) is 0 Å². The standard InChI is InChI=1S/C14H12BrN3O2S/c1-20-8-2-3-9(15)11(6-8)16-7-12-17-10-4-5-21-13(10)14(19)18-12/h2-6,16H,7H2,1H3,(H,17,18,19). The Morgan fingerprint density at radius 1 is 1.43 bits per heavy atom. The number of ether oxygens (including phenoxy) is 1. The molecule has 0 saturated heterocycles. The van der Waals surface area contributed by atoms with E-state index in [9.17, 15) is 4.79 Å². The number of benzene rings is 1. The predicted molar refractivity (Wildman–Crippen MR) is 88.3 cm³/mol. The van der Waals surface area contributed by atoms with E-state index in [-0.39, 0.29) is 5.56 Å². The number of nitrogens with zero attached hydrogens (tertiary/aromatic N) is 1. The Labute approximate surface area is 133 Å². The summed E-state index contributed by atoms with van der Waals surface area (Å²) in [5.41, 5.74) is 1.50. The molecular weight excluding hydrogens is 354 g/mol. The van der Waals surface area contributed by atoms with Crippen LogP contribution in [0.25, 0.3) is 10.2 Å². The molecular formula is C14H12BrN3O2S. The molecule has 3 rings (SSSR count). The SMILES string of the molecule is COc1ccc(Br)c(NCc2nc3ccsc3c(=O)[nH]2)c1. The molecule has 0 aliphatic rings. The molecule has 2 aromatic heterocycles. The molecule has 0 spiro atoms. The van der Waals surface area contributed by atoms with Crippen LogP contribution in [0.5, 0.6) is 5.75 Å². The highest BCUT2D eigenvalue weighted by molar-refractivity contribution is 9.10. The van der Waals surface area contributed by atoms with Gasteiger partial charge in [0.1, 0.15) is 16.3 Å². The summed E-state index contributed by atoms with van der Waals surface area (Å²) in [6.07, 6.45) is 0. The van der Waals surface area contributed by atoms with Gasteiger partial charge < -0.3 is 15.0 Å². The van der Waals surface area contributed by atoms with Gasteiger partial charge in [0, 0.05) is 10.5 Å². The number of aromatic nitrogens is 2. The van der Waals surface area contributed by atoms with Crippen LogP contribution in [0.4, 0.5) is 5.69 Å². The number of anilines is 1. The fourth-order valence-electron chi connectivity index (χ4n) is 1.95. The topological polar surface area (TPSA) is 67.0 Å². The van der Waals surface area contributed by atoms with Crippen molar-refractivity contribution in [1.29, 1.82) is 0 Å². The molecule has 3 aromatic rings. The van der Waals surface area contributed by atoms with Crippen molar-refractivity contribution in [3.8, 4) is 5.75 Å². The van der Waals surface area contributed by atoms with Crippen LogP contribution >= 0.6 is 27.3 Å². The van der Waals surface area contributed by atoms with E-state index in [1.165, 1.54) is 11.3 Å². The van der Waals surface area contributed by atoms with Gasteiger partial charge in [-0.05, 0) is 39.5 Å². The first-order valence-corrected chi connectivity index (χ1v) is 7.88. The van der Waals surface area contributed by atoms with E-state index in [0.29, 0.717) is 17.1 Å². The van der Waals surface area contributed by atoms with Crippen molar-refractivity contribution in [3.05, 3.63) is 50.3 Å². The highest BCUT2D eigenvalue weighted by atomic mass is 79.9. The summed E-state index contributed by atoms with van der Waals surface area (Å²) < 4.78 is 6.77. The van der Waals surface area contributed by atoms with Gasteiger partial charge in [0.05, 0.1) is 24.9 Å². The van der Waals surface area contributed by atoms with Gasteiger partial charge in [-0.25, -0.2) is 4.98 Å². The van der Waals surface area contributed by atoms with Crippen molar-refractivity contribution in [3.63, 3.8) is 0 Å². The van der Waals surface area contributed by atoms with Crippen LogP contribution in [-0.4, -0.2) is 17.1 Å². The largest absolute Gasteiger partial charge is 0.497 e. The normalized spacial score (nSPS) is 10.8. The highest BCUT2D eigenvalue weighted by Gasteiger charge is 2.06. The van der Waals surface area contributed by atoms with Gasteiger partial charge in [0.2, 0.25) is 0 Å². The quantitative estimate of drug-likeness (QED) is 0.743. The number of hydrogen-bond acceptors (Lipinski definition) is 5. The van der Waals surface area contributed by atoms with Crippen molar-refractivity contribution >= 4 is 43.2 Å². The maximum absolute atomic E-state index is 11.9. The molecule has 1 aromatic carbocycles. The van der Waals surface area contributed by atoms with Gasteiger partial charge in [-0.2, -0.15) is 0 Å². The molecule has 2 N–H and O–H groups in total. The number of aromatic amines is 1. The molecule has 0 atom stereocenters. The lowest BCUT2D eigenvalue weighted by Crippen LogP contribution is -2.13. The lowest BCUT2D eigenvalue weighted by atomic mass is 10.3. The Morgan fingerprint density at radius 2 is 2.29 bits per heavy atom. The van der Waals surface area contributed by atoms with Gasteiger partial charge in [-0.15, -0.1) is 11.3 Å². The van der Waals surface area contributed by atoms with Crippen molar-refractivity contribution in [1.82, 2.24) is 9.97 Å². The minimum absolute atomic E-state index is 0.100. The van der Waals surface area contributed by atoms with Crippen LogP contribution < -0.4 is 15.6 Å². The van der Waals surface area contributed by atoms with Crippen molar-refractivity contribution < 1.29 is 4.74 Å². The molecule has 0 unspecified atom stereocenters. The number of fused-ring (bicyclic) bond motifs is 1. The number of hydrogen-bond donors (Lipinski definition) is 2. The van der Waals surface area contributed by atoms with E-state index in [2.05, 4.69) is 31.2 Å². The number of H-pyrrole nitrogens is 1. The number of halogens is 1. The van der Waals surface area contributed by atoms with E-state index in [1.807, 2.05) is 29.6 Å². The van der Waals surface area contributed by atoms with Crippen LogP contribution in [0.3, 0.4) is 0 Å². The Bertz CT molecular complexity index is 844. The summed E-state index contributed by atoms with van der Waals surface area (Å²) in [6.45, 7) is 0.423. The number of methoxy groups -OCH3 is 1. The molecule has 0 amide bonds. The van der Waals surface area contributed by atoms with E-state index >= 15 is 0 Å². The van der Waals surface area contributed by atoms with Crippen LogP contribution in [0.15, 0.2) is 38.9 Å². The fraction of sp³-hybridized carbons (Fsp3) is 0.143. The molecule has 0 aliphatic heterocycles. The number of nitrogens with one attached hydrogen (secondary N) is 2. The first-order valence-electron chi connectivity index (χ1n) is 6.21. The Hall–Kier alpha value is -1.86. The summed E-state index contributed by atoms with van der Waals surface area (Å²) in [7, 11) is 1.62. The third-order valence-corrected chi connectivity index (χ3v) is 4.58. The zero-order chi connectivity index (χ0) is 14.8. The average molecular weight is 366 g/mol. The lowest BCUT2D eigenvalue weighted by Gasteiger charge is -2.10. The van der Waals surface area contributed by atoms with E-state index in [0.717, 1.165) is 21.4 Å². The molecule has 0 bridgehead atoms. The molecule has 0 aliphatic carbocycles. The zero-order valence-corrected chi connectivity index (χ0v) is 13.5. The molecule has 21 heavy (non-hydrogen) atoms. The van der Waals surface area contributed by atoms with Crippen molar-refractivity contribution in [2.45, 2.75) is 6.54 Å². The smallest absolute Gasteiger partial charge is 0.268 e. The zero-order valence-electron chi connectivity index (χ0n) is 11.1. The maximum atomic E-state index is 11.9. The van der Waals surface area contributed by atoms with Gasteiger partial charge in [0.15, 0.2) is 0 Å². The summed E-state index contributed by atoms with van der Waals surface area (Å²) in [5.74, 6) is 1.36. The third-order valence-electron chi connectivity index (χ3n) is 2.98. The molecule has 108 valence electrons. The summed E-state index contributed by atoms with van der Waals surface area (Å²) >= 11 is 4.87. The molecule has 0 radical (unpaired) electrons. The summed E-state index contributed by atoms with van der Waals surface area (Å²) in [4.78, 5) is 19.1. The van der Waals surface area contributed by atoms with Gasteiger partial charge >= 0.3 is 0 Å². The minimum Gasteiger partial charge on any atom is -0.497 e. The first-order chi connectivity index (χ1) is 10.2. The molecule has 0 saturated carbocycles. The fourth-order valence-corrected chi connectivity index (χ4v) is 3.06. The van der Waals surface area contributed by atoms with Crippen LogP contribution in [0, 0.1) is 0 Å². The van der Waals surface area contributed by atoms with Crippen molar-refractivity contribution in [2.24, 2.45) is 0 Å². The monoisotopic (exact) mass is 365 g/mol. The second-order valence-electron chi connectivity index (χ2n) is 4.35. The van der Waals surface area contributed by atoms with Crippen LogP contribution in [0.2, 0.25) is 0 Å². The van der Waals surface area contributed by atoms with Gasteiger partial charge in [-0.3, -0.25) is 4.79 Å². The second kappa shape index (κ2) is 5.87. The lowest BCUT2D eigenvalue weighted by molar-refractivity contribution is 0.415. The Morgan fingerprint density at radius 3 is 3.10 bits per heavy atom. The minimum atomic E-state index is -0.100. The first kappa shape index (κ1) is 14.1.